The van der Waals surface area contributed by atoms with Crippen LogP contribution in [-0.2, 0) is 6.54 Å². The minimum atomic E-state index is -0.575. The summed E-state index contributed by atoms with van der Waals surface area (Å²) < 4.78 is 3.46. The summed E-state index contributed by atoms with van der Waals surface area (Å²) in [4.78, 5) is 23.5. The second kappa shape index (κ2) is 8.47. The van der Waals surface area contributed by atoms with Gasteiger partial charge in [0.1, 0.15) is 23.3 Å². The minimum absolute atomic E-state index is 0.0150. The number of imidazole rings is 1. The molecule has 0 spiro atoms. The van der Waals surface area contributed by atoms with Gasteiger partial charge in [0.05, 0.1) is 29.2 Å². The minimum Gasteiger partial charge on any atom is -0.376 e. The molecule has 1 amide bonds. The molecule has 11 heteroatoms. The lowest BCUT2D eigenvalue weighted by molar-refractivity contribution is 0.100. The van der Waals surface area contributed by atoms with E-state index >= 15 is 0 Å². The summed E-state index contributed by atoms with van der Waals surface area (Å²) >= 11 is 0. The molecule has 0 radical (unpaired) electrons. The molecule has 4 aromatic rings. The third kappa shape index (κ3) is 3.79. The number of carbonyl (C=O) groups is 1. The number of nitrogens with two attached hydrogens (primary N) is 1. The first-order valence-corrected chi connectivity index (χ1v) is 11.1. The Kier molecular flexibility index (Phi) is 5.33. The van der Waals surface area contributed by atoms with Crippen molar-refractivity contribution in [2.45, 2.75) is 26.4 Å². The van der Waals surface area contributed by atoms with Crippen molar-refractivity contribution in [1.82, 2.24) is 29.4 Å². The first-order valence-electron chi connectivity index (χ1n) is 11.1. The standard InChI is InChI=1S/C23H24N10O/c1-3-32-7-6-17(30-32)19-13-33-23(29-19)21(16(10-27-33)22(25)34)28-18-12-31(11-14(18)2)20-5-4-15(8-24)9-26-20/h4-7,9-10,13-14,18,28H,3,11-12H2,1-2H3,(H2,25,34)/t14-,18+/m0/s1. The van der Waals surface area contributed by atoms with E-state index in [0.29, 0.717) is 29.1 Å². The molecule has 0 saturated carbocycles. The maximum atomic E-state index is 12.2. The molecule has 5 heterocycles. The third-order valence-electron chi connectivity index (χ3n) is 6.13. The lowest BCUT2D eigenvalue weighted by atomic mass is 10.1. The van der Waals surface area contributed by atoms with Gasteiger partial charge in [-0.3, -0.25) is 9.48 Å². The van der Waals surface area contributed by atoms with Crippen molar-refractivity contribution in [2.75, 3.05) is 23.3 Å². The number of nitriles is 1. The van der Waals surface area contributed by atoms with Crippen molar-refractivity contribution in [1.29, 1.82) is 5.26 Å². The number of aromatic nitrogens is 6. The van der Waals surface area contributed by atoms with E-state index in [2.05, 4.69) is 38.4 Å². The molecule has 0 aromatic carbocycles. The molecule has 3 N–H and O–H groups in total. The summed E-state index contributed by atoms with van der Waals surface area (Å²) in [6.45, 7) is 6.36. The van der Waals surface area contributed by atoms with Gasteiger partial charge in [0, 0.05) is 38.1 Å². The zero-order valence-electron chi connectivity index (χ0n) is 18.9. The molecule has 34 heavy (non-hydrogen) atoms. The quantitative estimate of drug-likeness (QED) is 0.448. The Bertz CT molecular complexity index is 1400. The van der Waals surface area contributed by atoms with Gasteiger partial charge >= 0.3 is 0 Å². The van der Waals surface area contributed by atoms with Crippen molar-refractivity contribution in [3.8, 4) is 17.5 Å². The van der Waals surface area contributed by atoms with Crippen LogP contribution < -0.4 is 16.0 Å². The highest BCUT2D eigenvalue weighted by Gasteiger charge is 2.32. The molecule has 5 rings (SSSR count). The summed E-state index contributed by atoms with van der Waals surface area (Å²) in [5.74, 6) is 0.481. The first-order chi connectivity index (χ1) is 16.5. The number of aryl methyl sites for hydroxylation is 1. The van der Waals surface area contributed by atoms with Crippen LogP contribution in [0.15, 0.2) is 43.0 Å². The highest BCUT2D eigenvalue weighted by Crippen LogP contribution is 2.29. The number of nitrogens with one attached hydrogen (secondary N) is 1. The SMILES string of the molecule is CCn1ccc(-c2cn3ncc(C(N)=O)c(N[C@@H]4CN(c5ccc(C#N)cn5)C[C@@H]4C)c3n2)n1. The van der Waals surface area contributed by atoms with Crippen molar-refractivity contribution < 1.29 is 4.79 Å². The van der Waals surface area contributed by atoms with Crippen LogP contribution in [0.25, 0.3) is 17.0 Å². The smallest absolute Gasteiger partial charge is 0.252 e. The molecule has 1 aliphatic rings. The van der Waals surface area contributed by atoms with Crippen molar-refractivity contribution in [3.63, 3.8) is 0 Å². The summed E-state index contributed by atoms with van der Waals surface area (Å²) in [6.07, 6.45) is 6.73. The molecular formula is C23H24N10O. The monoisotopic (exact) mass is 456 g/mol. The van der Waals surface area contributed by atoms with E-state index in [9.17, 15) is 4.79 Å². The first kappa shape index (κ1) is 21.4. The van der Waals surface area contributed by atoms with Gasteiger partial charge in [-0.15, -0.1) is 0 Å². The van der Waals surface area contributed by atoms with Crippen molar-refractivity contribution >= 4 is 23.1 Å². The number of fused-ring (bicyclic) bond motifs is 1. The summed E-state index contributed by atoms with van der Waals surface area (Å²) in [7, 11) is 0. The van der Waals surface area contributed by atoms with Gasteiger partial charge in [-0.2, -0.15) is 15.5 Å². The van der Waals surface area contributed by atoms with E-state index in [4.69, 9.17) is 16.0 Å². The Hall–Kier alpha value is -4.46. The topological polar surface area (TPSA) is 143 Å². The van der Waals surface area contributed by atoms with E-state index in [1.54, 1.807) is 23.0 Å². The number of nitrogens with zero attached hydrogens (tertiary/aromatic N) is 8. The van der Waals surface area contributed by atoms with Gasteiger partial charge in [0.15, 0.2) is 5.65 Å². The summed E-state index contributed by atoms with van der Waals surface area (Å²) in [6, 6.07) is 7.61. The van der Waals surface area contributed by atoms with Crippen LogP contribution in [0.2, 0.25) is 0 Å². The van der Waals surface area contributed by atoms with Crippen molar-refractivity contribution in [2.24, 2.45) is 11.7 Å². The van der Waals surface area contributed by atoms with E-state index in [1.807, 2.05) is 29.9 Å². The fourth-order valence-corrected chi connectivity index (χ4v) is 4.23. The second-order valence-corrected chi connectivity index (χ2v) is 8.40. The molecular weight excluding hydrogens is 432 g/mol. The third-order valence-corrected chi connectivity index (χ3v) is 6.13. The fourth-order valence-electron chi connectivity index (χ4n) is 4.23. The molecule has 0 unspecified atom stereocenters. The van der Waals surface area contributed by atoms with Crippen LogP contribution in [0.3, 0.4) is 0 Å². The van der Waals surface area contributed by atoms with E-state index < -0.39 is 5.91 Å². The van der Waals surface area contributed by atoms with Crippen molar-refractivity contribution in [3.05, 3.63) is 54.1 Å². The van der Waals surface area contributed by atoms with Crippen LogP contribution in [-0.4, -0.2) is 54.4 Å². The number of primary amides is 1. The van der Waals surface area contributed by atoms with Gasteiger partial charge in [-0.1, -0.05) is 6.92 Å². The van der Waals surface area contributed by atoms with Crippen LogP contribution in [0.1, 0.15) is 29.8 Å². The summed E-state index contributed by atoms with van der Waals surface area (Å²) in [5, 5.41) is 21.4. The lowest BCUT2D eigenvalue weighted by Crippen LogP contribution is -2.30. The number of carbonyl (C=O) groups excluding carboxylic acids is 1. The maximum Gasteiger partial charge on any atom is 0.252 e. The number of anilines is 2. The molecule has 2 atom stereocenters. The predicted octanol–water partition coefficient (Wildman–Crippen LogP) is 1.92. The molecule has 1 aliphatic heterocycles. The van der Waals surface area contributed by atoms with Gasteiger partial charge in [0.25, 0.3) is 5.91 Å². The molecule has 4 aromatic heterocycles. The average molecular weight is 457 g/mol. The number of rotatable bonds is 6. The van der Waals surface area contributed by atoms with Crippen LogP contribution in [0.5, 0.6) is 0 Å². The molecule has 0 bridgehead atoms. The van der Waals surface area contributed by atoms with Crippen LogP contribution in [0, 0.1) is 17.2 Å². The Morgan fingerprint density at radius 3 is 2.79 bits per heavy atom. The Morgan fingerprint density at radius 1 is 1.26 bits per heavy atom. The number of amides is 1. The van der Waals surface area contributed by atoms with Gasteiger partial charge in [-0.05, 0) is 31.0 Å². The largest absolute Gasteiger partial charge is 0.376 e. The number of pyridine rings is 1. The van der Waals surface area contributed by atoms with E-state index in [1.165, 1.54) is 6.20 Å². The predicted molar refractivity (Wildman–Crippen MR) is 126 cm³/mol. The number of hydrogen-bond acceptors (Lipinski definition) is 8. The molecule has 1 fully saturated rings. The normalized spacial score (nSPS) is 17.7. The fraction of sp³-hybridized carbons (Fsp3) is 0.304. The Morgan fingerprint density at radius 2 is 2.12 bits per heavy atom. The number of hydrogen-bond donors (Lipinski definition) is 2. The molecule has 0 aliphatic carbocycles. The zero-order chi connectivity index (χ0) is 23.8. The van der Waals surface area contributed by atoms with Gasteiger partial charge in [-0.25, -0.2) is 14.5 Å². The Balaban J connectivity index is 1.47. The highest BCUT2D eigenvalue weighted by atomic mass is 16.1. The Labute approximate surface area is 195 Å². The summed E-state index contributed by atoms with van der Waals surface area (Å²) in [5.41, 5.74) is 8.94. The highest BCUT2D eigenvalue weighted by molar-refractivity contribution is 6.01. The van der Waals surface area contributed by atoms with Crippen LogP contribution in [0.4, 0.5) is 11.5 Å². The molecule has 172 valence electrons. The average Bonchev–Trinajstić information content (AvgIpc) is 3.57. The molecule has 1 saturated heterocycles. The molecule has 11 nitrogen and oxygen atoms in total. The van der Waals surface area contributed by atoms with Gasteiger partial charge in [0.2, 0.25) is 0 Å². The second-order valence-electron chi connectivity index (χ2n) is 8.40. The van der Waals surface area contributed by atoms with E-state index in [-0.39, 0.29) is 17.5 Å². The van der Waals surface area contributed by atoms with Gasteiger partial charge < -0.3 is 16.0 Å². The van der Waals surface area contributed by atoms with E-state index in [0.717, 1.165) is 24.6 Å². The lowest BCUT2D eigenvalue weighted by Gasteiger charge is -2.20. The maximum absolute atomic E-state index is 12.2. The van der Waals surface area contributed by atoms with Crippen LogP contribution >= 0.6 is 0 Å². The zero-order valence-corrected chi connectivity index (χ0v) is 18.9.